The van der Waals surface area contributed by atoms with Gasteiger partial charge in [-0.2, -0.15) is 5.10 Å². The van der Waals surface area contributed by atoms with Gasteiger partial charge in [-0.25, -0.2) is 0 Å². The summed E-state index contributed by atoms with van der Waals surface area (Å²) in [7, 11) is 0. The first-order chi connectivity index (χ1) is 20.7. The Morgan fingerprint density at radius 2 is 1.29 bits per heavy atom. The predicted molar refractivity (Wildman–Crippen MR) is 177 cm³/mol. The monoisotopic (exact) mass is 543 g/mol. The van der Waals surface area contributed by atoms with Gasteiger partial charge in [-0.1, -0.05) is 127 Å². The number of para-hydroxylation sites is 2. The van der Waals surface area contributed by atoms with E-state index in [1.54, 1.807) is 0 Å². The fraction of sp³-hybridized carbons (Fsp3) is 0.103. The van der Waals surface area contributed by atoms with Crippen molar-refractivity contribution >= 4 is 22.3 Å². The molecule has 0 saturated heterocycles. The number of aryl methyl sites for hydroxylation is 1. The Labute approximate surface area is 247 Å². The van der Waals surface area contributed by atoms with Gasteiger partial charge in [0.2, 0.25) is 0 Å². The molecular weight excluding hydrogens is 510 g/mol. The lowest BCUT2D eigenvalue weighted by Crippen LogP contribution is -2.19. The van der Waals surface area contributed by atoms with Crippen molar-refractivity contribution < 1.29 is 0 Å². The maximum atomic E-state index is 5.32. The zero-order chi connectivity index (χ0) is 28.5. The highest BCUT2D eigenvalue weighted by molar-refractivity contribution is 6.05. The van der Waals surface area contributed by atoms with Crippen molar-refractivity contribution in [3.8, 4) is 22.4 Å². The Morgan fingerprint density at radius 1 is 0.690 bits per heavy atom. The number of fused-ring (bicyclic) bond motifs is 1. The van der Waals surface area contributed by atoms with Gasteiger partial charge >= 0.3 is 0 Å². The van der Waals surface area contributed by atoms with E-state index >= 15 is 0 Å². The number of hydrazone groups is 1. The lowest BCUT2D eigenvalue weighted by molar-refractivity contribution is 0.710. The molecule has 7 rings (SSSR count). The Morgan fingerprint density at radius 3 is 2.00 bits per heavy atom. The van der Waals surface area contributed by atoms with Crippen LogP contribution in [0.3, 0.4) is 0 Å². The molecule has 0 amide bonds. The van der Waals surface area contributed by atoms with Crippen LogP contribution in [0.2, 0.25) is 0 Å². The second-order valence-corrected chi connectivity index (χ2v) is 10.9. The number of hydrogen-bond acceptors (Lipinski definition) is 2. The molecule has 1 aromatic heterocycles. The van der Waals surface area contributed by atoms with E-state index in [-0.39, 0.29) is 6.04 Å². The lowest BCUT2D eigenvalue weighted by Gasteiger charge is -2.25. The molecule has 0 N–H and O–H groups in total. The van der Waals surface area contributed by atoms with Crippen LogP contribution in [0.15, 0.2) is 151 Å². The van der Waals surface area contributed by atoms with E-state index in [2.05, 4.69) is 157 Å². The molecule has 2 heterocycles. The summed E-state index contributed by atoms with van der Waals surface area (Å²) in [5, 5.41) is 8.82. The fourth-order valence-corrected chi connectivity index (χ4v) is 6.22. The summed E-state index contributed by atoms with van der Waals surface area (Å²) in [6.45, 7) is 6.98. The average molecular weight is 544 g/mol. The maximum Gasteiger partial charge on any atom is 0.0858 e. The van der Waals surface area contributed by atoms with Crippen LogP contribution in [0.4, 0.5) is 5.69 Å². The quantitative estimate of drug-likeness (QED) is 0.184. The van der Waals surface area contributed by atoms with Crippen LogP contribution in [-0.2, 0) is 6.54 Å². The summed E-state index contributed by atoms with van der Waals surface area (Å²) in [4.78, 5) is 0. The van der Waals surface area contributed by atoms with E-state index in [0.717, 1.165) is 29.9 Å². The van der Waals surface area contributed by atoms with Crippen molar-refractivity contribution in [1.82, 2.24) is 4.57 Å². The van der Waals surface area contributed by atoms with E-state index in [1.165, 1.54) is 44.4 Å². The molecule has 1 atom stereocenters. The van der Waals surface area contributed by atoms with Crippen molar-refractivity contribution in [3.63, 3.8) is 0 Å². The van der Waals surface area contributed by atoms with E-state index in [0.29, 0.717) is 0 Å². The molecule has 1 unspecified atom stereocenters. The van der Waals surface area contributed by atoms with Gasteiger partial charge in [-0.15, -0.1) is 6.58 Å². The molecule has 0 saturated carbocycles. The highest BCUT2D eigenvalue weighted by atomic mass is 15.5. The van der Waals surface area contributed by atoms with Crippen molar-refractivity contribution in [2.45, 2.75) is 25.9 Å². The highest BCUT2D eigenvalue weighted by Gasteiger charge is 2.35. The zero-order valence-electron chi connectivity index (χ0n) is 23.8. The normalized spacial score (nSPS) is 14.7. The Bertz CT molecular complexity index is 1880. The molecule has 204 valence electrons. The maximum absolute atomic E-state index is 5.32. The molecule has 3 heteroatoms. The van der Waals surface area contributed by atoms with Crippen LogP contribution in [0.1, 0.15) is 29.2 Å². The Balaban J connectivity index is 1.39. The van der Waals surface area contributed by atoms with E-state index < -0.39 is 0 Å². The van der Waals surface area contributed by atoms with Crippen molar-refractivity contribution in [2.24, 2.45) is 5.10 Å². The molecular formula is C39H33N3. The van der Waals surface area contributed by atoms with Gasteiger partial charge in [-0.05, 0) is 47.4 Å². The molecule has 5 aromatic carbocycles. The minimum absolute atomic E-state index is 0.0310. The number of allylic oxidation sites excluding steroid dienone is 1. The first-order valence-corrected chi connectivity index (χ1v) is 14.6. The molecule has 0 fully saturated rings. The summed E-state index contributed by atoms with van der Waals surface area (Å²) in [5.41, 5.74) is 12.0. The minimum Gasteiger partial charge on any atom is -0.336 e. The third kappa shape index (κ3) is 4.63. The number of benzene rings is 5. The van der Waals surface area contributed by atoms with Crippen LogP contribution in [0.25, 0.3) is 33.3 Å². The van der Waals surface area contributed by atoms with E-state index in [4.69, 9.17) is 5.10 Å². The molecule has 0 bridgehead atoms. The van der Waals surface area contributed by atoms with Crippen LogP contribution in [0.5, 0.6) is 0 Å². The summed E-state index contributed by atoms with van der Waals surface area (Å²) in [5.74, 6) is 0. The molecule has 0 radical (unpaired) electrons. The number of rotatable bonds is 7. The third-order valence-electron chi connectivity index (χ3n) is 8.24. The summed E-state index contributed by atoms with van der Waals surface area (Å²) in [6, 6.07) is 47.7. The molecule has 3 nitrogen and oxygen atoms in total. The summed E-state index contributed by atoms with van der Waals surface area (Å²) >= 11 is 0. The van der Waals surface area contributed by atoms with Gasteiger partial charge in [-0.3, -0.25) is 5.01 Å². The summed E-state index contributed by atoms with van der Waals surface area (Å²) in [6.07, 6.45) is 2.80. The van der Waals surface area contributed by atoms with Crippen LogP contribution in [-0.4, -0.2) is 10.3 Å². The Hall–Kier alpha value is -5.15. The fourth-order valence-electron chi connectivity index (χ4n) is 6.22. The van der Waals surface area contributed by atoms with Gasteiger partial charge < -0.3 is 4.57 Å². The van der Waals surface area contributed by atoms with Crippen molar-refractivity contribution in [3.05, 3.63) is 163 Å². The Kier molecular flexibility index (Phi) is 6.77. The number of nitrogens with zero attached hydrogens (tertiary/aromatic N) is 3. The molecule has 1 aliphatic heterocycles. The molecule has 0 spiro atoms. The van der Waals surface area contributed by atoms with Crippen LogP contribution < -0.4 is 5.01 Å². The zero-order valence-corrected chi connectivity index (χ0v) is 23.8. The van der Waals surface area contributed by atoms with Gasteiger partial charge in [0.05, 0.1) is 23.1 Å². The molecule has 0 aliphatic carbocycles. The van der Waals surface area contributed by atoms with Gasteiger partial charge in [0, 0.05) is 29.4 Å². The summed E-state index contributed by atoms with van der Waals surface area (Å²) < 4.78 is 2.41. The first kappa shape index (κ1) is 25.8. The van der Waals surface area contributed by atoms with Crippen molar-refractivity contribution in [1.29, 1.82) is 0 Å². The van der Waals surface area contributed by atoms with E-state index in [9.17, 15) is 0 Å². The van der Waals surface area contributed by atoms with Crippen molar-refractivity contribution in [2.75, 3.05) is 5.01 Å². The van der Waals surface area contributed by atoms with Gasteiger partial charge in [0.15, 0.2) is 0 Å². The molecule has 1 aliphatic rings. The predicted octanol–water partition coefficient (Wildman–Crippen LogP) is 9.83. The topological polar surface area (TPSA) is 20.5 Å². The third-order valence-corrected chi connectivity index (χ3v) is 8.24. The second-order valence-electron chi connectivity index (χ2n) is 10.9. The smallest absolute Gasteiger partial charge is 0.0858 e. The minimum atomic E-state index is 0.0310. The molecule has 6 aromatic rings. The second kappa shape index (κ2) is 11.0. The average Bonchev–Trinajstić information content (AvgIpc) is 3.62. The first-order valence-electron chi connectivity index (χ1n) is 14.6. The van der Waals surface area contributed by atoms with Gasteiger partial charge in [0.25, 0.3) is 0 Å². The van der Waals surface area contributed by atoms with Crippen LogP contribution in [0, 0.1) is 6.92 Å². The highest BCUT2D eigenvalue weighted by Crippen LogP contribution is 2.45. The number of anilines is 1. The number of aromatic nitrogens is 1. The molecule has 42 heavy (non-hydrogen) atoms. The largest absolute Gasteiger partial charge is 0.336 e. The number of hydrogen-bond donors (Lipinski definition) is 0. The van der Waals surface area contributed by atoms with E-state index in [1.807, 2.05) is 6.08 Å². The lowest BCUT2D eigenvalue weighted by atomic mass is 9.93. The van der Waals surface area contributed by atoms with Crippen LogP contribution >= 0.6 is 0 Å². The standard InChI is InChI=1S/C39H33N3/c1-3-26-41-36-17-11-10-16-34(36)38(39(41)32-20-18-28(2)19-21-32)37-27-35(40-42(37)33-14-8-5-9-15-33)31-24-22-30(23-25-31)29-12-6-4-7-13-29/h3-25,37H,1,26-27H2,2H3. The SMILES string of the molecule is C=CCn1c(-c2ccc(C)cc2)c(C2CC(c3ccc(-c4ccccc4)cc3)=NN2c2ccccc2)c2ccccc21. The van der Waals surface area contributed by atoms with Gasteiger partial charge in [0.1, 0.15) is 0 Å².